The van der Waals surface area contributed by atoms with Crippen molar-refractivity contribution in [2.24, 2.45) is 10.9 Å². The Morgan fingerprint density at radius 2 is 2.25 bits per heavy atom. The molecule has 0 amide bonds. The van der Waals surface area contributed by atoms with Gasteiger partial charge >= 0.3 is 0 Å². The molecule has 1 aliphatic heterocycles. The number of dihydropyridines is 1. The molecule has 0 bridgehead atoms. The number of hydrogen-bond donors (Lipinski definition) is 0. The van der Waals surface area contributed by atoms with Crippen LogP contribution in [0.5, 0.6) is 0 Å². The molecule has 0 radical (unpaired) electrons. The van der Waals surface area contributed by atoms with E-state index >= 15 is 0 Å². The fourth-order valence-electron chi connectivity index (χ4n) is 2.52. The minimum atomic E-state index is 0.343. The van der Waals surface area contributed by atoms with Crippen molar-refractivity contribution in [2.45, 2.75) is 44.6 Å². The molecule has 0 aromatic heterocycles. The molecule has 0 N–H and O–H groups in total. The second kappa shape index (κ2) is 2.01. The third kappa shape index (κ3) is 0.825. The predicted molar refractivity (Wildman–Crippen MR) is 50.5 cm³/mol. The Balaban J connectivity index is 1.98. The van der Waals surface area contributed by atoms with Gasteiger partial charge in [-0.25, -0.2) is 0 Å². The van der Waals surface area contributed by atoms with Crippen molar-refractivity contribution in [1.29, 1.82) is 0 Å². The molecule has 1 nitrogen and oxygen atoms in total. The molecule has 0 aromatic carbocycles. The molecule has 2 saturated carbocycles. The highest BCUT2D eigenvalue weighted by molar-refractivity contribution is 6.02. The number of allylic oxidation sites excluding steroid dienone is 1. The molecular weight excluding hydrogens is 146 g/mol. The molecule has 3 aliphatic rings. The van der Waals surface area contributed by atoms with E-state index in [2.05, 4.69) is 13.0 Å². The van der Waals surface area contributed by atoms with Crippen molar-refractivity contribution in [3.63, 3.8) is 0 Å². The zero-order valence-corrected chi connectivity index (χ0v) is 7.64. The fraction of sp³-hybridized carbons (Fsp3) is 0.727. The maximum absolute atomic E-state index is 4.86. The van der Waals surface area contributed by atoms with Crippen LogP contribution in [0.15, 0.2) is 16.6 Å². The monoisotopic (exact) mass is 161 g/mol. The summed E-state index contributed by atoms with van der Waals surface area (Å²) in [6, 6.07) is 0. The highest BCUT2D eigenvalue weighted by Gasteiger charge is 2.51. The minimum Gasteiger partial charge on any atom is -0.283 e. The lowest BCUT2D eigenvalue weighted by molar-refractivity contribution is 0.662. The lowest BCUT2D eigenvalue weighted by Crippen LogP contribution is -2.18. The van der Waals surface area contributed by atoms with E-state index in [1.807, 2.05) is 0 Å². The van der Waals surface area contributed by atoms with Crippen molar-refractivity contribution in [2.75, 3.05) is 0 Å². The van der Waals surface area contributed by atoms with Gasteiger partial charge in [-0.1, -0.05) is 6.08 Å². The van der Waals surface area contributed by atoms with E-state index in [4.69, 9.17) is 4.99 Å². The van der Waals surface area contributed by atoms with E-state index in [-0.39, 0.29) is 0 Å². The van der Waals surface area contributed by atoms with Crippen molar-refractivity contribution >= 4 is 5.71 Å². The van der Waals surface area contributed by atoms with Crippen molar-refractivity contribution in [3.8, 4) is 0 Å². The van der Waals surface area contributed by atoms with Crippen LogP contribution in [0.25, 0.3) is 0 Å². The summed E-state index contributed by atoms with van der Waals surface area (Å²) in [5.74, 6) is 0.800. The molecule has 0 spiro atoms. The van der Waals surface area contributed by atoms with E-state index in [1.54, 1.807) is 5.57 Å². The Kier molecular flexibility index (Phi) is 1.15. The smallest absolute Gasteiger partial charge is 0.0653 e. The van der Waals surface area contributed by atoms with Crippen molar-refractivity contribution in [3.05, 3.63) is 11.6 Å². The van der Waals surface area contributed by atoms with Gasteiger partial charge in [-0.15, -0.1) is 0 Å². The van der Waals surface area contributed by atoms with Gasteiger partial charge in [-0.05, 0) is 44.6 Å². The van der Waals surface area contributed by atoms with Gasteiger partial charge in [-0.3, -0.25) is 4.99 Å². The molecule has 2 atom stereocenters. The Hall–Kier alpha value is -0.590. The number of rotatable bonds is 0. The van der Waals surface area contributed by atoms with Gasteiger partial charge in [0.05, 0.1) is 5.54 Å². The zero-order valence-electron chi connectivity index (χ0n) is 7.64. The summed E-state index contributed by atoms with van der Waals surface area (Å²) < 4.78 is 0. The third-order valence-corrected chi connectivity index (χ3v) is 3.54. The van der Waals surface area contributed by atoms with E-state index in [0.29, 0.717) is 5.54 Å². The van der Waals surface area contributed by atoms with E-state index < -0.39 is 0 Å². The lowest BCUT2D eigenvalue weighted by Gasteiger charge is -2.22. The van der Waals surface area contributed by atoms with Crippen molar-refractivity contribution in [1.82, 2.24) is 0 Å². The maximum atomic E-state index is 4.86. The molecule has 1 heteroatoms. The van der Waals surface area contributed by atoms with Crippen LogP contribution in [0.3, 0.4) is 0 Å². The molecule has 12 heavy (non-hydrogen) atoms. The summed E-state index contributed by atoms with van der Waals surface area (Å²) in [5, 5.41) is 0. The van der Waals surface area contributed by atoms with Crippen LogP contribution >= 0.6 is 0 Å². The van der Waals surface area contributed by atoms with Gasteiger partial charge in [0.1, 0.15) is 0 Å². The molecule has 2 fully saturated rings. The second-order valence-corrected chi connectivity index (χ2v) is 4.63. The second-order valence-electron chi connectivity index (χ2n) is 4.63. The molecule has 1 heterocycles. The first-order chi connectivity index (χ1) is 5.78. The first kappa shape index (κ1) is 6.88. The third-order valence-electron chi connectivity index (χ3n) is 3.54. The quantitative estimate of drug-likeness (QED) is 0.518. The Morgan fingerprint density at radius 3 is 3.17 bits per heavy atom. The summed E-state index contributed by atoms with van der Waals surface area (Å²) in [4.78, 5) is 4.86. The van der Waals surface area contributed by atoms with Crippen LogP contribution in [0.2, 0.25) is 0 Å². The van der Waals surface area contributed by atoms with Crippen LogP contribution in [0, 0.1) is 5.92 Å². The van der Waals surface area contributed by atoms with E-state index in [9.17, 15) is 0 Å². The van der Waals surface area contributed by atoms with Crippen LogP contribution < -0.4 is 0 Å². The van der Waals surface area contributed by atoms with Gasteiger partial charge in [0, 0.05) is 11.6 Å². The molecule has 0 saturated heterocycles. The predicted octanol–water partition coefficient (Wildman–Crippen LogP) is 2.72. The number of nitrogens with zero attached hydrogens (tertiary/aromatic N) is 1. The molecule has 2 unspecified atom stereocenters. The van der Waals surface area contributed by atoms with Crippen LogP contribution in [0.1, 0.15) is 39.0 Å². The van der Waals surface area contributed by atoms with E-state index in [0.717, 1.165) is 5.92 Å². The summed E-state index contributed by atoms with van der Waals surface area (Å²) >= 11 is 0. The first-order valence-electron chi connectivity index (χ1n) is 5.08. The number of aliphatic imine (C=N–C) groups is 1. The largest absolute Gasteiger partial charge is 0.283 e. The average Bonchev–Trinajstić information content (AvgIpc) is 2.70. The van der Waals surface area contributed by atoms with Crippen LogP contribution in [0.4, 0.5) is 0 Å². The van der Waals surface area contributed by atoms with Gasteiger partial charge in [-0.2, -0.15) is 0 Å². The standard InChI is InChI=1S/C11H15N/c1-11-7-9(11)6-8-4-2-3-5-10(8)12-11/h6,9H,2-5,7H2,1H3. The van der Waals surface area contributed by atoms with Gasteiger partial charge < -0.3 is 0 Å². The highest BCUT2D eigenvalue weighted by atomic mass is 15.0. The summed E-state index contributed by atoms with van der Waals surface area (Å²) in [7, 11) is 0. The Morgan fingerprint density at radius 1 is 1.42 bits per heavy atom. The van der Waals surface area contributed by atoms with E-state index in [1.165, 1.54) is 37.8 Å². The lowest BCUT2D eigenvalue weighted by atomic mass is 9.89. The molecule has 64 valence electrons. The maximum Gasteiger partial charge on any atom is 0.0653 e. The summed E-state index contributed by atoms with van der Waals surface area (Å²) in [6.45, 7) is 2.30. The van der Waals surface area contributed by atoms with Gasteiger partial charge in [0.25, 0.3) is 0 Å². The Bertz CT molecular complexity index is 287. The van der Waals surface area contributed by atoms with Gasteiger partial charge in [0.2, 0.25) is 0 Å². The molecular formula is C11H15N. The molecule has 2 aliphatic carbocycles. The normalized spacial score (nSPS) is 43.9. The Labute approximate surface area is 73.6 Å². The first-order valence-corrected chi connectivity index (χ1v) is 5.08. The van der Waals surface area contributed by atoms with Gasteiger partial charge in [0.15, 0.2) is 0 Å². The highest BCUT2D eigenvalue weighted by Crippen LogP contribution is 2.52. The zero-order chi connectivity index (χ0) is 8.18. The fourth-order valence-corrected chi connectivity index (χ4v) is 2.52. The van der Waals surface area contributed by atoms with Crippen LogP contribution in [-0.4, -0.2) is 11.3 Å². The molecule has 3 rings (SSSR count). The topological polar surface area (TPSA) is 12.4 Å². The summed E-state index contributed by atoms with van der Waals surface area (Å²) in [6.07, 6.45) is 9.09. The van der Waals surface area contributed by atoms with Crippen LogP contribution in [-0.2, 0) is 0 Å². The minimum absolute atomic E-state index is 0.343. The molecule has 0 aromatic rings. The number of hydrogen-bond acceptors (Lipinski definition) is 1. The number of fused-ring (bicyclic) bond motifs is 2. The average molecular weight is 161 g/mol. The van der Waals surface area contributed by atoms with Crippen molar-refractivity contribution < 1.29 is 0 Å². The summed E-state index contributed by atoms with van der Waals surface area (Å²) in [5.41, 5.74) is 3.37. The SMILES string of the molecule is CC12CC1C=C1CCCCC1=N2.